The molecular formula is C17H27NO. The Balaban J connectivity index is 2.14. The second-order valence-electron chi connectivity index (χ2n) is 6.14. The number of methoxy groups -OCH3 is 1. The van der Waals surface area contributed by atoms with Crippen LogP contribution < -0.4 is 5.32 Å². The summed E-state index contributed by atoms with van der Waals surface area (Å²) in [5.41, 5.74) is 4.62. The molecule has 0 heterocycles. The van der Waals surface area contributed by atoms with Crippen molar-refractivity contribution >= 4 is 0 Å². The van der Waals surface area contributed by atoms with Crippen molar-refractivity contribution < 1.29 is 4.74 Å². The summed E-state index contributed by atoms with van der Waals surface area (Å²) < 4.78 is 5.12. The molecule has 0 aliphatic heterocycles. The Morgan fingerprint density at radius 1 is 1.26 bits per heavy atom. The molecule has 2 rings (SSSR count). The first-order valence-electron chi connectivity index (χ1n) is 7.37. The van der Waals surface area contributed by atoms with E-state index in [1.165, 1.54) is 29.5 Å². The van der Waals surface area contributed by atoms with Gasteiger partial charge in [-0.05, 0) is 38.2 Å². The van der Waals surface area contributed by atoms with E-state index in [1.807, 2.05) is 0 Å². The molecule has 0 amide bonds. The Morgan fingerprint density at radius 2 is 1.95 bits per heavy atom. The third-order valence-corrected chi connectivity index (χ3v) is 4.69. The van der Waals surface area contributed by atoms with Crippen LogP contribution in [0.25, 0.3) is 0 Å². The summed E-state index contributed by atoms with van der Waals surface area (Å²) in [5.74, 6) is 0.767. The Kier molecular flexibility index (Phi) is 4.64. The molecule has 2 heteroatoms. The van der Waals surface area contributed by atoms with Crippen molar-refractivity contribution in [2.45, 2.75) is 39.0 Å². The minimum Gasteiger partial charge on any atom is -0.383 e. The van der Waals surface area contributed by atoms with Gasteiger partial charge in [-0.15, -0.1) is 0 Å². The van der Waals surface area contributed by atoms with Gasteiger partial charge in [0.15, 0.2) is 0 Å². The maximum atomic E-state index is 5.12. The zero-order chi connectivity index (χ0) is 13.9. The summed E-state index contributed by atoms with van der Waals surface area (Å²) in [6.45, 7) is 9.59. The van der Waals surface area contributed by atoms with Crippen LogP contribution in [0.15, 0.2) is 18.2 Å². The lowest BCUT2D eigenvalue weighted by atomic mass is 9.57. The van der Waals surface area contributed by atoms with Gasteiger partial charge in [-0.2, -0.15) is 0 Å². The maximum Gasteiger partial charge on any atom is 0.0587 e. The number of hydrogen-bond acceptors (Lipinski definition) is 2. The molecule has 2 atom stereocenters. The highest BCUT2D eigenvalue weighted by Gasteiger charge is 2.44. The van der Waals surface area contributed by atoms with Crippen LogP contribution in [0.3, 0.4) is 0 Å². The topological polar surface area (TPSA) is 21.3 Å². The van der Waals surface area contributed by atoms with Crippen molar-refractivity contribution in [3.63, 3.8) is 0 Å². The Bertz CT molecular complexity index is 409. The molecule has 0 aromatic heterocycles. The lowest BCUT2D eigenvalue weighted by molar-refractivity contribution is 0.127. The van der Waals surface area contributed by atoms with Gasteiger partial charge in [0.1, 0.15) is 0 Å². The molecule has 1 aromatic rings. The lowest BCUT2D eigenvalue weighted by Crippen LogP contribution is -2.50. The number of benzene rings is 1. The highest BCUT2D eigenvalue weighted by atomic mass is 16.5. The fourth-order valence-corrected chi connectivity index (χ4v) is 3.32. The summed E-state index contributed by atoms with van der Waals surface area (Å²) in [5, 5.41) is 3.57. The van der Waals surface area contributed by atoms with Gasteiger partial charge >= 0.3 is 0 Å². The second-order valence-corrected chi connectivity index (χ2v) is 6.14. The van der Waals surface area contributed by atoms with Gasteiger partial charge < -0.3 is 10.1 Å². The highest BCUT2D eigenvalue weighted by Crippen LogP contribution is 2.48. The molecule has 19 heavy (non-hydrogen) atoms. The first-order chi connectivity index (χ1) is 9.08. The molecule has 1 aliphatic carbocycles. The molecule has 2 nitrogen and oxygen atoms in total. The second kappa shape index (κ2) is 6.06. The number of nitrogens with one attached hydrogen (secondary N) is 1. The maximum absolute atomic E-state index is 5.12. The first kappa shape index (κ1) is 14.5. The summed E-state index contributed by atoms with van der Waals surface area (Å²) in [6, 6.07) is 7.01. The van der Waals surface area contributed by atoms with Crippen LogP contribution in [-0.2, 0) is 10.2 Å². The van der Waals surface area contributed by atoms with Crippen molar-refractivity contribution in [2.75, 3.05) is 26.8 Å². The van der Waals surface area contributed by atoms with Crippen LogP contribution >= 0.6 is 0 Å². The van der Waals surface area contributed by atoms with Crippen molar-refractivity contribution in [1.82, 2.24) is 5.32 Å². The summed E-state index contributed by atoms with van der Waals surface area (Å²) >= 11 is 0. The number of ether oxygens (including phenoxy) is 1. The zero-order valence-electron chi connectivity index (χ0n) is 12.8. The first-order valence-corrected chi connectivity index (χ1v) is 7.37. The smallest absolute Gasteiger partial charge is 0.0587 e. The molecule has 2 unspecified atom stereocenters. The number of hydrogen-bond donors (Lipinski definition) is 1. The number of aryl methyl sites for hydroxylation is 2. The standard InChI is InChI=1S/C17H27NO/c1-13-9-14(2)11-16(10-13)17(6-5-15(17)3)12-18-7-8-19-4/h9-11,15,18H,5-8,12H2,1-4H3. The fourth-order valence-electron chi connectivity index (χ4n) is 3.32. The van der Waals surface area contributed by atoms with E-state index < -0.39 is 0 Å². The lowest BCUT2D eigenvalue weighted by Gasteiger charge is -2.49. The molecular weight excluding hydrogens is 234 g/mol. The molecule has 0 radical (unpaired) electrons. The SMILES string of the molecule is COCCNCC1(c2cc(C)cc(C)c2)CCC1C. The van der Waals surface area contributed by atoms with Crippen molar-refractivity contribution in [1.29, 1.82) is 0 Å². The van der Waals surface area contributed by atoms with E-state index in [0.717, 1.165) is 25.6 Å². The van der Waals surface area contributed by atoms with Crippen LogP contribution in [0.1, 0.15) is 36.5 Å². The molecule has 1 aliphatic rings. The molecule has 0 spiro atoms. The predicted octanol–water partition coefficient (Wildman–Crippen LogP) is 3.21. The van der Waals surface area contributed by atoms with Crippen LogP contribution in [-0.4, -0.2) is 26.8 Å². The minimum absolute atomic E-state index is 0.338. The van der Waals surface area contributed by atoms with Crippen LogP contribution in [0.4, 0.5) is 0 Å². The Hall–Kier alpha value is -0.860. The van der Waals surface area contributed by atoms with E-state index in [2.05, 4.69) is 44.3 Å². The van der Waals surface area contributed by atoms with E-state index in [-0.39, 0.29) is 0 Å². The molecule has 0 saturated heterocycles. The van der Waals surface area contributed by atoms with Gasteiger partial charge in [-0.3, -0.25) is 0 Å². The van der Waals surface area contributed by atoms with E-state index >= 15 is 0 Å². The third-order valence-electron chi connectivity index (χ3n) is 4.69. The summed E-state index contributed by atoms with van der Waals surface area (Å²) in [6.07, 6.45) is 2.65. The molecule has 1 aromatic carbocycles. The van der Waals surface area contributed by atoms with Crippen LogP contribution in [0.2, 0.25) is 0 Å². The largest absolute Gasteiger partial charge is 0.383 e. The highest BCUT2D eigenvalue weighted by molar-refractivity contribution is 5.37. The molecule has 1 N–H and O–H groups in total. The summed E-state index contributed by atoms with van der Waals surface area (Å²) in [7, 11) is 1.76. The Morgan fingerprint density at radius 3 is 2.42 bits per heavy atom. The average Bonchev–Trinajstić information content (AvgIpc) is 2.36. The third kappa shape index (κ3) is 3.01. The Labute approximate surface area is 117 Å². The van der Waals surface area contributed by atoms with Gasteiger partial charge in [0.05, 0.1) is 6.61 Å². The number of rotatable bonds is 6. The van der Waals surface area contributed by atoms with Crippen molar-refractivity contribution in [3.05, 3.63) is 34.9 Å². The fraction of sp³-hybridized carbons (Fsp3) is 0.647. The van der Waals surface area contributed by atoms with Crippen LogP contribution in [0.5, 0.6) is 0 Å². The molecule has 0 bridgehead atoms. The normalized spacial score (nSPS) is 26.2. The zero-order valence-corrected chi connectivity index (χ0v) is 12.8. The van der Waals surface area contributed by atoms with Crippen molar-refractivity contribution in [2.24, 2.45) is 5.92 Å². The van der Waals surface area contributed by atoms with Gasteiger partial charge in [-0.1, -0.05) is 36.2 Å². The van der Waals surface area contributed by atoms with Gasteiger partial charge in [0, 0.05) is 25.6 Å². The van der Waals surface area contributed by atoms with Gasteiger partial charge in [-0.25, -0.2) is 0 Å². The van der Waals surface area contributed by atoms with Crippen LogP contribution in [0, 0.1) is 19.8 Å². The van der Waals surface area contributed by atoms with Gasteiger partial charge in [0.2, 0.25) is 0 Å². The quantitative estimate of drug-likeness (QED) is 0.794. The molecule has 1 saturated carbocycles. The molecule has 1 fully saturated rings. The van der Waals surface area contributed by atoms with Gasteiger partial charge in [0.25, 0.3) is 0 Å². The van der Waals surface area contributed by atoms with E-state index in [9.17, 15) is 0 Å². The monoisotopic (exact) mass is 261 g/mol. The minimum atomic E-state index is 0.338. The van der Waals surface area contributed by atoms with E-state index in [4.69, 9.17) is 4.74 Å². The van der Waals surface area contributed by atoms with E-state index in [1.54, 1.807) is 7.11 Å². The average molecular weight is 261 g/mol. The molecule has 106 valence electrons. The summed E-state index contributed by atoms with van der Waals surface area (Å²) in [4.78, 5) is 0. The van der Waals surface area contributed by atoms with Crippen molar-refractivity contribution in [3.8, 4) is 0 Å². The predicted molar refractivity (Wildman–Crippen MR) is 80.7 cm³/mol. The van der Waals surface area contributed by atoms with E-state index in [0.29, 0.717) is 5.41 Å².